The SMILES string of the molecule is CCC=C(CCN)C(=O)OCC. The molecule has 0 spiro atoms. The van der Waals surface area contributed by atoms with Crippen molar-refractivity contribution in [3.8, 4) is 0 Å². The monoisotopic (exact) mass is 171 g/mol. The average molecular weight is 171 g/mol. The number of carbonyl (C=O) groups excluding carboxylic acids is 1. The highest BCUT2D eigenvalue weighted by atomic mass is 16.5. The Morgan fingerprint density at radius 2 is 2.17 bits per heavy atom. The van der Waals surface area contributed by atoms with Crippen LogP contribution in [0.3, 0.4) is 0 Å². The zero-order valence-electron chi connectivity index (χ0n) is 7.80. The predicted octanol–water partition coefficient (Wildman–Crippen LogP) is 1.23. The second-order valence-electron chi connectivity index (χ2n) is 2.40. The van der Waals surface area contributed by atoms with Gasteiger partial charge < -0.3 is 10.5 Å². The Balaban J connectivity index is 4.09. The Morgan fingerprint density at radius 3 is 2.58 bits per heavy atom. The first kappa shape index (κ1) is 11.2. The van der Waals surface area contributed by atoms with Crippen molar-refractivity contribution in [2.45, 2.75) is 26.7 Å². The van der Waals surface area contributed by atoms with Crippen LogP contribution in [0.5, 0.6) is 0 Å². The first-order chi connectivity index (χ1) is 5.76. The summed E-state index contributed by atoms with van der Waals surface area (Å²) in [6.07, 6.45) is 3.31. The number of esters is 1. The molecule has 3 nitrogen and oxygen atoms in total. The molecule has 0 aromatic carbocycles. The molecule has 0 amide bonds. The number of nitrogens with two attached hydrogens (primary N) is 1. The van der Waals surface area contributed by atoms with Crippen LogP contribution in [0.25, 0.3) is 0 Å². The number of allylic oxidation sites excluding steroid dienone is 1. The maximum atomic E-state index is 11.2. The molecule has 12 heavy (non-hydrogen) atoms. The molecule has 0 saturated heterocycles. The van der Waals surface area contributed by atoms with E-state index in [0.717, 1.165) is 6.42 Å². The lowest BCUT2D eigenvalue weighted by molar-refractivity contribution is -0.138. The molecule has 0 unspecified atom stereocenters. The van der Waals surface area contributed by atoms with Crippen molar-refractivity contribution in [2.75, 3.05) is 13.2 Å². The van der Waals surface area contributed by atoms with Crippen LogP contribution in [0.1, 0.15) is 26.7 Å². The van der Waals surface area contributed by atoms with Crippen molar-refractivity contribution in [1.29, 1.82) is 0 Å². The van der Waals surface area contributed by atoms with Gasteiger partial charge in [0.2, 0.25) is 0 Å². The molecule has 70 valence electrons. The van der Waals surface area contributed by atoms with Gasteiger partial charge in [0.1, 0.15) is 0 Å². The summed E-state index contributed by atoms with van der Waals surface area (Å²) in [5.41, 5.74) is 6.04. The lowest BCUT2D eigenvalue weighted by Gasteiger charge is -2.04. The maximum absolute atomic E-state index is 11.2. The van der Waals surface area contributed by atoms with Crippen LogP contribution >= 0.6 is 0 Å². The van der Waals surface area contributed by atoms with Crippen LogP contribution in [0.15, 0.2) is 11.6 Å². The van der Waals surface area contributed by atoms with Crippen LogP contribution in [0.2, 0.25) is 0 Å². The average Bonchev–Trinajstić information content (AvgIpc) is 2.04. The van der Waals surface area contributed by atoms with Gasteiger partial charge in [0, 0.05) is 5.57 Å². The van der Waals surface area contributed by atoms with E-state index < -0.39 is 0 Å². The zero-order chi connectivity index (χ0) is 9.40. The van der Waals surface area contributed by atoms with Gasteiger partial charge in [0.25, 0.3) is 0 Å². The fourth-order valence-corrected chi connectivity index (χ4v) is 0.913. The molecule has 0 aliphatic heterocycles. The second-order valence-corrected chi connectivity index (χ2v) is 2.40. The summed E-state index contributed by atoms with van der Waals surface area (Å²) in [6.45, 7) is 4.69. The van der Waals surface area contributed by atoms with Crippen LogP contribution in [-0.2, 0) is 9.53 Å². The van der Waals surface area contributed by atoms with Gasteiger partial charge >= 0.3 is 5.97 Å². The fourth-order valence-electron chi connectivity index (χ4n) is 0.913. The van der Waals surface area contributed by atoms with Crippen molar-refractivity contribution < 1.29 is 9.53 Å². The summed E-state index contributed by atoms with van der Waals surface area (Å²) in [5.74, 6) is -0.232. The van der Waals surface area contributed by atoms with E-state index in [4.69, 9.17) is 10.5 Å². The Morgan fingerprint density at radius 1 is 1.50 bits per heavy atom. The summed E-state index contributed by atoms with van der Waals surface area (Å²) >= 11 is 0. The minimum atomic E-state index is -0.232. The van der Waals surface area contributed by atoms with Gasteiger partial charge in [-0.2, -0.15) is 0 Å². The minimum absolute atomic E-state index is 0.232. The maximum Gasteiger partial charge on any atom is 0.333 e. The molecular formula is C9H17NO2. The Labute approximate surface area is 73.6 Å². The first-order valence-corrected chi connectivity index (χ1v) is 4.32. The number of ether oxygens (including phenoxy) is 1. The van der Waals surface area contributed by atoms with Crippen molar-refractivity contribution in [3.63, 3.8) is 0 Å². The predicted molar refractivity (Wildman–Crippen MR) is 48.7 cm³/mol. The van der Waals surface area contributed by atoms with Crippen LogP contribution in [-0.4, -0.2) is 19.1 Å². The largest absolute Gasteiger partial charge is 0.463 e. The molecule has 0 atom stereocenters. The number of hydrogen-bond acceptors (Lipinski definition) is 3. The van der Waals surface area contributed by atoms with Crippen molar-refractivity contribution in [2.24, 2.45) is 5.73 Å². The molecule has 2 N–H and O–H groups in total. The topological polar surface area (TPSA) is 52.3 Å². The lowest BCUT2D eigenvalue weighted by atomic mass is 10.1. The van der Waals surface area contributed by atoms with Crippen molar-refractivity contribution in [3.05, 3.63) is 11.6 Å². The highest BCUT2D eigenvalue weighted by Gasteiger charge is 2.07. The summed E-state index contributed by atoms with van der Waals surface area (Å²) in [4.78, 5) is 11.2. The summed E-state index contributed by atoms with van der Waals surface area (Å²) in [6, 6.07) is 0. The Bertz CT molecular complexity index is 164. The number of hydrogen-bond donors (Lipinski definition) is 1. The summed E-state index contributed by atoms with van der Waals surface area (Å²) < 4.78 is 4.85. The molecule has 0 fully saturated rings. The van der Waals surface area contributed by atoms with Gasteiger partial charge in [-0.15, -0.1) is 0 Å². The van der Waals surface area contributed by atoms with Gasteiger partial charge in [-0.1, -0.05) is 13.0 Å². The molecule has 0 aliphatic carbocycles. The minimum Gasteiger partial charge on any atom is -0.463 e. The first-order valence-electron chi connectivity index (χ1n) is 4.32. The van der Waals surface area contributed by atoms with Gasteiger partial charge in [0.15, 0.2) is 0 Å². The molecule has 0 saturated carbocycles. The molecule has 0 aromatic rings. The second kappa shape index (κ2) is 6.85. The number of rotatable bonds is 5. The Kier molecular flexibility index (Phi) is 6.38. The molecule has 0 aromatic heterocycles. The van der Waals surface area contributed by atoms with E-state index in [1.165, 1.54) is 0 Å². The van der Waals surface area contributed by atoms with Gasteiger partial charge in [-0.25, -0.2) is 4.79 Å². The fraction of sp³-hybridized carbons (Fsp3) is 0.667. The van der Waals surface area contributed by atoms with Gasteiger partial charge in [-0.05, 0) is 26.3 Å². The highest BCUT2D eigenvalue weighted by Crippen LogP contribution is 2.04. The summed E-state index contributed by atoms with van der Waals surface area (Å²) in [7, 11) is 0. The smallest absolute Gasteiger partial charge is 0.333 e. The lowest BCUT2D eigenvalue weighted by Crippen LogP contribution is -2.11. The van der Waals surface area contributed by atoms with E-state index >= 15 is 0 Å². The van der Waals surface area contributed by atoms with E-state index in [1.807, 2.05) is 13.0 Å². The molecule has 0 radical (unpaired) electrons. The van der Waals surface area contributed by atoms with E-state index in [9.17, 15) is 4.79 Å². The third-order valence-corrected chi connectivity index (χ3v) is 1.40. The van der Waals surface area contributed by atoms with Crippen molar-refractivity contribution >= 4 is 5.97 Å². The third-order valence-electron chi connectivity index (χ3n) is 1.40. The molecule has 3 heteroatoms. The number of carbonyl (C=O) groups is 1. The van der Waals surface area contributed by atoms with E-state index in [-0.39, 0.29) is 5.97 Å². The Hall–Kier alpha value is -0.830. The van der Waals surface area contributed by atoms with Crippen LogP contribution < -0.4 is 5.73 Å². The molecular weight excluding hydrogens is 154 g/mol. The quantitative estimate of drug-likeness (QED) is 0.500. The van der Waals surface area contributed by atoms with Crippen LogP contribution in [0.4, 0.5) is 0 Å². The summed E-state index contributed by atoms with van der Waals surface area (Å²) in [5, 5.41) is 0. The van der Waals surface area contributed by atoms with Crippen LogP contribution in [0, 0.1) is 0 Å². The molecule has 0 bridgehead atoms. The van der Waals surface area contributed by atoms with Gasteiger partial charge in [0.05, 0.1) is 6.61 Å². The van der Waals surface area contributed by atoms with E-state index in [2.05, 4.69) is 0 Å². The normalized spacial score (nSPS) is 11.4. The highest BCUT2D eigenvalue weighted by molar-refractivity contribution is 5.88. The third kappa shape index (κ3) is 4.13. The van der Waals surface area contributed by atoms with E-state index in [1.54, 1.807) is 6.92 Å². The van der Waals surface area contributed by atoms with Crippen molar-refractivity contribution in [1.82, 2.24) is 0 Å². The van der Waals surface area contributed by atoms with Gasteiger partial charge in [-0.3, -0.25) is 0 Å². The standard InChI is InChI=1S/C9H17NO2/c1-3-5-8(6-7-10)9(11)12-4-2/h5H,3-4,6-7,10H2,1-2H3. The van der Waals surface area contributed by atoms with E-state index in [0.29, 0.717) is 25.1 Å². The molecule has 0 aliphatic rings. The molecule has 0 heterocycles. The molecule has 0 rings (SSSR count). The zero-order valence-corrected chi connectivity index (χ0v) is 7.80.